The maximum atomic E-state index is 12.7. The fourth-order valence-electron chi connectivity index (χ4n) is 3.50. The van der Waals surface area contributed by atoms with Crippen LogP contribution in [0.3, 0.4) is 0 Å². The number of piperazine rings is 1. The molecule has 8 nitrogen and oxygen atoms in total. The molecule has 3 heterocycles. The van der Waals surface area contributed by atoms with Crippen molar-refractivity contribution in [1.82, 2.24) is 19.9 Å². The van der Waals surface area contributed by atoms with Crippen molar-refractivity contribution in [3.8, 4) is 11.3 Å². The number of hydrogen-bond acceptors (Lipinski definition) is 6. The van der Waals surface area contributed by atoms with Crippen molar-refractivity contribution in [3.63, 3.8) is 0 Å². The van der Waals surface area contributed by atoms with E-state index in [-0.39, 0.29) is 17.5 Å². The summed E-state index contributed by atoms with van der Waals surface area (Å²) in [6.45, 7) is 5.31. The SMILES string of the molecule is O=C(CN1CCN(C(=O)c2cc(-c3ccc(Cl)cc3)on2)CC1)N1CCOCC1. The molecule has 2 aromatic rings. The van der Waals surface area contributed by atoms with Crippen LogP contribution in [0, 0.1) is 0 Å². The van der Waals surface area contributed by atoms with Crippen LogP contribution in [0.2, 0.25) is 5.02 Å². The molecule has 1 aromatic carbocycles. The fraction of sp³-hybridized carbons (Fsp3) is 0.450. The first-order valence-corrected chi connectivity index (χ1v) is 10.1. The molecule has 29 heavy (non-hydrogen) atoms. The van der Waals surface area contributed by atoms with Crippen LogP contribution >= 0.6 is 11.6 Å². The Morgan fingerprint density at radius 1 is 0.966 bits per heavy atom. The van der Waals surface area contributed by atoms with Crippen LogP contribution < -0.4 is 0 Å². The third-order valence-corrected chi connectivity index (χ3v) is 5.49. The van der Waals surface area contributed by atoms with Gasteiger partial charge in [0.25, 0.3) is 5.91 Å². The summed E-state index contributed by atoms with van der Waals surface area (Å²) in [6.07, 6.45) is 0. The zero-order chi connectivity index (χ0) is 20.2. The van der Waals surface area contributed by atoms with Crippen LogP contribution in [0.1, 0.15) is 10.5 Å². The van der Waals surface area contributed by atoms with Gasteiger partial charge in [-0.2, -0.15) is 0 Å². The van der Waals surface area contributed by atoms with E-state index in [1.807, 2.05) is 17.0 Å². The second kappa shape index (κ2) is 8.94. The average Bonchev–Trinajstić information content (AvgIpc) is 3.25. The molecule has 0 radical (unpaired) electrons. The summed E-state index contributed by atoms with van der Waals surface area (Å²) in [5, 5.41) is 4.57. The Morgan fingerprint density at radius 3 is 2.34 bits per heavy atom. The van der Waals surface area contributed by atoms with E-state index in [0.717, 1.165) is 5.56 Å². The second-order valence-electron chi connectivity index (χ2n) is 7.14. The van der Waals surface area contributed by atoms with Crippen molar-refractivity contribution in [1.29, 1.82) is 0 Å². The van der Waals surface area contributed by atoms with Gasteiger partial charge in [-0.05, 0) is 24.3 Å². The maximum Gasteiger partial charge on any atom is 0.276 e. The topological polar surface area (TPSA) is 79.1 Å². The highest BCUT2D eigenvalue weighted by Gasteiger charge is 2.27. The minimum Gasteiger partial charge on any atom is -0.378 e. The van der Waals surface area contributed by atoms with E-state index in [1.54, 1.807) is 23.1 Å². The van der Waals surface area contributed by atoms with Crippen LogP contribution in [0.15, 0.2) is 34.9 Å². The Morgan fingerprint density at radius 2 is 1.66 bits per heavy atom. The van der Waals surface area contributed by atoms with Crippen LogP contribution in [0.4, 0.5) is 0 Å². The predicted molar refractivity (Wildman–Crippen MR) is 107 cm³/mol. The van der Waals surface area contributed by atoms with E-state index in [2.05, 4.69) is 10.1 Å². The zero-order valence-corrected chi connectivity index (χ0v) is 16.8. The van der Waals surface area contributed by atoms with Crippen molar-refractivity contribution in [2.75, 3.05) is 59.0 Å². The minimum absolute atomic E-state index is 0.122. The van der Waals surface area contributed by atoms with Gasteiger partial charge in [0.15, 0.2) is 11.5 Å². The van der Waals surface area contributed by atoms with Crippen LogP contribution in [-0.4, -0.2) is 90.7 Å². The highest BCUT2D eigenvalue weighted by molar-refractivity contribution is 6.30. The molecule has 4 rings (SSSR count). The largest absolute Gasteiger partial charge is 0.378 e. The number of morpholine rings is 1. The fourth-order valence-corrected chi connectivity index (χ4v) is 3.63. The van der Waals surface area contributed by atoms with Gasteiger partial charge < -0.3 is 19.1 Å². The molecule has 2 amide bonds. The number of carbonyl (C=O) groups excluding carboxylic acids is 2. The van der Waals surface area contributed by atoms with Crippen LogP contribution in [-0.2, 0) is 9.53 Å². The molecule has 0 atom stereocenters. The highest BCUT2D eigenvalue weighted by atomic mass is 35.5. The Hall–Kier alpha value is -2.42. The minimum atomic E-state index is -0.159. The van der Waals surface area contributed by atoms with Gasteiger partial charge >= 0.3 is 0 Å². The van der Waals surface area contributed by atoms with E-state index < -0.39 is 0 Å². The smallest absolute Gasteiger partial charge is 0.276 e. The van der Waals surface area contributed by atoms with Crippen molar-refractivity contribution in [2.24, 2.45) is 0 Å². The monoisotopic (exact) mass is 418 g/mol. The summed E-state index contributed by atoms with van der Waals surface area (Å²) in [4.78, 5) is 30.8. The number of halogens is 1. The number of benzene rings is 1. The predicted octanol–water partition coefficient (Wildman–Crippen LogP) is 1.61. The summed E-state index contributed by atoms with van der Waals surface area (Å²) >= 11 is 5.90. The van der Waals surface area contributed by atoms with Gasteiger partial charge in [0, 0.05) is 55.9 Å². The molecule has 0 aliphatic carbocycles. The van der Waals surface area contributed by atoms with E-state index >= 15 is 0 Å². The average molecular weight is 419 g/mol. The first-order chi connectivity index (χ1) is 14.1. The Balaban J connectivity index is 1.30. The second-order valence-corrected chi connectivity index (χ2v) is 7.58. The summed E-state index contributed by atoms with van der Waals surface area (Å²) in [7, 11) is 0. The standard InChI is InChI=1S/C20H23ClN4O4/c21-16-3-1-15(2-4-16)18-13-17(22-29-18)20(27)25-7-5-23(6-8-25)14-19(26)24-9-11-28-12-10-24/h1-4,13H,5-12,14H2. The van der Waals surface area contributed by atoms with E-state index in [1.165, 1.54) is 0 Å². The number of nitrogens with zero attached hydrogens (tertiary/aromatic N) is 4. The van der Waals surface area contributed by atoms with Gasteiger partial charge in [0.2, 0.25) is 5.91 Å². The molecule has 2 aliphatic rings. The lowest BCUT2D eigenvalue weighted by molar-refractivity contribution is -0.136. The Bertz CT molecular complexity index is 856. The van der Waals surface area contributed by atoms with Crippen molar-refractivity contribution < 1.29 is 18.8 Å². The van der Waals surface area contributed by atoms with Gasteiger partial charge in [-0.15, -0.1) is 0 Å². The number of hydrogen-bond donors (Lipinski definition) is 0. The van der Waals surface area contributed by atoms with Crippen molar-refractivity contribution in [3.05, 3.63) is 41.0 Å². The molecular weight excluding hydrogens is 396 g/mol. The molecule has 154 valence electrons. The third kappa shape index (κ3) is 4.77. The van der Waals surface area contributed by atoms with Crippen molar-refractivity contribution >= 4 is 23.4 Å². The lowest BCUT2D eigenvalue weighted by atomic mass is 10.1. The van der Waals surface area contributed by atoms with Gasteiger partial charge in [0.1, 0.15) is 0 Å². The number of ether oxygens (including phenoxy) is 1. The van der Waals surface area contributed by atoms with E-state index in [9.17, 15) is 9.59 Å². The number of amides is 2. The molecule has 0 unspecified atom stereocenters. The molecule has 0 bridgehead atoms. The molecule has 0 saturated carbocycles. The Kier molecular flexibility index (Phi) is 6.13. The van der Waals surface area contributed by atoms with E-state index in [0.29, 0.717) is 69.8 Å². The number of rotatable bonds is 4. The summed E-state index contributed by atoms with van der Waals surface area (Å²) in [6, 6.07) is 8.82. The molecule has 9 heteroatoms. The Labute approximate surface area is 173 Å². The summed E-state index contributed by atoms with van der Waals surface area (Å²) in [5.41, 5.74) is 1.10. The molecular formula is C20H23ClN4O4. The summed E-state index contributed by atoms with van der Waals surface area (Å²) < 4.78 is 10.6. The zero-order valence-electron chi connectivity index (χ0n) is 16.1. The van der Waals surface area contributed by atoms with Gasteiger partial charge in [-0.25, -0.2) is 0 Å². The summed E-state index contributed by atoms with van der Waals surface area (Å²) in [5.74, 6) is 0.491. The quantitative estimate of drug-likeness (QED) is 0.750. The van der Waals surface area contributed by atoms with Gasteiger partial charge in [0.05, 0.1) is 19.8 Å². The lowest BCUT2D eigenvalue weighted by Gasteiger charge is -2.35. The van der Waals surface area contributed by atoms with Gasteiger partial charge in [-0.1, -0.05) is 16.8 Å². The maximum absolute atomic E-state index is 12.7. The highest BCUT2D eigenvalue weighted by Crippen LogP contribution is 2.23. The van der Waals surface area contributed by atoms with Crippen LogP contribution in [0.25, 0.3) is 11.3 Å². The molecule has 1 aromatic heterocycles. The molecule has 2 aliphatic heterocycles. The van der Waals surface area contributed by atoms with Gasteiger partial charge in [-0.3, -0.25) is 14.5 Å². The first kappa shape index (κ1) is 19.9. The normalized spacial score (nSPS) is 18.1. The lowest BCUT2D eigenvalue weighted by Crippen LogP contribution is -2.52. The van der Waals surface area contributed by atoms with Crippen molar-refractivity contribution in [2.45, 2.75) is 0 Å². The molecule has 0 N–H and O–H groups in total. The number of carbonyl (C=O) groups is 2. The number of aromatic nitrogens is 1. The van der Waals surface area contributed by atoms with E-state index in [4.69, 9.17) is 20.9 Å². The molecule has 2 saturated heterocycles. The first-order valence-electron chi connectivity index (χ1n) is 9.70. The molecule has 2 fully saturated rings. The molecule has 0 spiro atoms. The van der Waals surface area contributed by atoms with Crippen LogP contribution in [0.5, 0.6) is 0 Å². The third-order valence-electron chi connectivity index (χ3n) is 5.24.